The summed E-state index contributed by atoms with van der Waals surface area (Å²) in [5.41, 5.74) is 6.18. The normalized spacial score (nSPS) is 20.6. The highest BCUT2D eigenvalue weighted by atomic mass is 16.6. The molecular formula is C22H32N4O3. The lowest BCUT2D eigenvalue weighted by Crippen LogP contribution is -2.39. The molecule has 1 fully saturated rings. The number of piperidine rings is 1. The van der Waals surface area contributed by atoms with Crippen LogP contribution in [0.3, 0.4) is 0 Å². The number of carbonyl (C=O) groups is 1. The summed E-state index contributed by atoms with van der Waals surface area (Å²) in [6.45, 7) is 5.79. The Kier molecular flexibility index (Phi) is 8.04. The Morgan fingerprint density at radius 3 is 2.79 bits per heavy atom. The molecule has 7 heteroatoms. The second-order valence-corrected chi connectivity index (χ2v) is 7.95. The van der Waals surface area contributed by atoms with Gasteiger partial charge in [-0.25, -0.2) is 0 Å². The van der Waals surface area contributed by atoms with Crippen LogP contribution in [0.25, 0.3) is 0 Å². The molecule has 2 heterocycles. The summed E-state index contributed by atoms with van der Waals surface area (Å²) >= 11 is 0. The highest BCUT2D eigenvalue weighted by molar-refractivity contribution is 6.01. The largest absolute Gasteiger partial charge is 0.481 e. The lowest BCUT2D eigenvalue weighted by Gasteiger charge is -2.32. The lowest BCUT2D eigenvalue weighted by molar-refractivity contribution is -0.138. The van der Waals surface area contributed by atoms with E-state index in [1.807, 2.05) is 18.3 Å². The van der Waals surface area contributed by atoms with E-state index in [2.05, 4.69) is 39.6 Å². The number of likely N-dealkylation sites (tertiary alicyclic amines) is 1. The van der Waals surface area contributed by atoms with Crippen molar-refractivity contribution in [2.45, 2.75) is 51.6 Å². The summed E-state index contributed by atoms with van der Waals surface area (Å²) in [5, 5.41) is 17.5. The molecule has 3 rings (SSSR count). The van der Waals surface area contributed by atoms with Crippen LogP contribution in [0.2, 0.25) is 0 Å². The number of benzene rings is 1. The fraction of sp³-hybridized carbons (Fsp3) is 0.591. The average molecular weight is 401 g/mol. The van der Waals surface area contributed by atoms with Gasteiger partial charge in [-0.1, -0.05) is 42.8 Å². The SMILES string of the molecule is CCCCNN=Cc1ccc(C2=NOC(CN3CCC(CC(=O)O)CC3)C2)cc1. The van der Waals surface area contributed by atoms with Crippen molar-refractivity contribution in [2.24, 2.45) is 16.2 Å². The highest BCUT2D eigenvalue weighted by Gasteiger charge is 2.27. The molecule has 1 atom stereocenters. The summed E-state index contributed by atoms with van der Waals surface area (Å²) in [5.74, 6) is -0.380. The molecule has 1 aromatic carbocycles. The van der Waals surface area contributed by atoms with Gasteiger partial charge in [0.05, 0.1) is 11.9 Å². The van der Waals surface area contributed by atoms with E-state index in [-0.39, 0.29) is 12.5 Å². The first-order valence-corrected chi connectivity index (χ1v) is 10.7. The molecule has 0 amide bonds. The molecule has 0 bridgehead atoms. The lowest BCUT2D eigenvalue weighted by atomic mass is 9.93. The summed E-state index contributed by atoms with van der Waals surface area (Å²) < 4.78 is 0. The molecular weight excluding hydrogens is 368 g/mol. The highest BCUT2D eigenvalue weighted by Crippen LogP contribution is 2.23. The van der Waals surface area contributed by atoms with Gasteiger partial charge < -0.3 is 15.4 Å². The fourth-order valence-corrected chi connectivity index (χ4v) is 3.81. The summed E-state index contributed by atoms with van der Waals surface area (Å²) in [6, 6.07) is 8.22. The first kappa shape index (κ1) is 21.3. The molecule has 0 radical (unpaired) electrons. The smallest absolute Gasteiger partial charge is 0.303 e. The Bertz CT molecular complexity index is 709. The van der Waals surface area contributed by atoms with Gasteiger partial charge in [-0.3, -0.25) is 9.69 Å². The molecule has 2 aliphatic rings. The van der Waals surface area contributed by atoms with Crippen LogP contribution in [-0.4, -0.2) is 60.2 Å². The number of aliphatic carboxylic acids is 1. The quantitative estimate of drug-likeness (QED) is 0.358. The maximum absolute atomic E-state index is 10.9. The van der Waals surface area contributed by atoms with Gasteiger partial charge in [-0.15, -0.1) is 0 Å². The fourth-order valence-electron chi connectivity index (χ4n) is 3.81. The summed E-state index contributed by atoms with van der Waals surface area (Å²) in [4.78, 5) is 18.9. The predicted octanol–water partition coefficient (Wildman–Crippen LogP) is 3.09. The van der Waals surface area contributed by atoms with E-state index in [0.29, 0.717) is 5.92 Å². The third-order valence-electron chi connectivity index (χ3n) is 5.56. The zero-order valence-corrected chi connectivity index (χ0v) is 17.2. The number of oxime groups is 1. The van der Waals surface area contributed by atoms with E-state index in [1.165, 1.54) is 0 Å². The molecule has 0 aliphatic carbocycles. The Morgan fingerprint density at radius 1 is 1.34 bits per heavy atom. The van der Waals surface area contributed by atoms with Crippen LogP contribution in [0.15, 0.2) is 34.5 Å². The van der Waals surface area contributed by atoms with Crippen LogP contribution in [-0.2, 0) is 9.63 Å². The number of unbranched alkanes of at least 4 members (excludes halogenated alkanes) is 1. The van der Waals surface area contributed by atoms with Gasteiger partial charge in [0.1, 0.15) is 6.10 Å². The number of carboxylic acid groups (broad SMARTS) is 1. The van der Waals surface area contributed by atoms with Crippen molar-refractivity contribution < 1.29 is 14.7 Å². The third-order valence-corrected chi connectivity index (χ3v) is 5.56. The van der Waals surface area contributed by atoms with E-state index in [9.17, 15) is 4.79 Å². The predicted molar refractivity (Wildman–Crippen MR) is 114 cm³/mol. The summed E-state index contributed by atoms with van der Waals surface area (Å²) in [6.07, 6.45) is 7.18. The minimum absolute atomic E-state index is 0.0741. The number of hydrogen-bond donors (Lipinski definition) is 2. The monoisotopic (exact) mass is 400 g/mol. The van der Waals surface area contributed by atoms with Crippen molar-refractivity contribution in [3.05, 3.63) is 35.4 Å². The standard InChI is InChI=1S/C22H32N4O3/c1-2-3-10-23-24-15-18-4-6-19(7-5-18)21-14-20(29-25-21)16-26-11-8-17(9-12-26)13-22(27)28/h4-7,15,17,20,23H,2-3,8-14,16H2,1H3,(H,27,28). The minimum atomic E-state index is -0.689. The number of hydrazone groups is 1. The Hall–Kier alpha value is -2.41. The molecule has 7 nitrogen and oxygen atoms in total. The molecule has 0 saturated carbocycles. The van der Waals surface area contributed by atoms with E-state index >= 15 is 0 Å². The molecule has 1 aromatic rings. The Balaban J connectivity index is 1.41. The van der Waals surface area contributed by atoms with E-state index in [4.69, 9.17) is 9.94 Å². The Morgan fingerprint density at radius 2 is 2.10 bits per heavy atom. The van der Waals surface area contributed by atoms with Gasteiger partial charge >= 0.3 is 5.97 Å². The van der Waals surface area contributed by atoms with Crippen molar-refractivity contribution >= 4 is 17.9 Å². The molecule has 0 spiro atoms. The second kappa shape index (κ2) is 11.0. The van der Waals surface area contributed by atoms with Crippen molar-refractivity contribution in [2.75, 3.05) is 26.2 Å². The van der Waals surface area contributed by atoms with Crippen LogP contribution in [0, 0.1) is 5.92 Å². The van der Waals surface area contributed by atoms with Crippen molar-refractivity contribution in [1.29, 1.82) is 0 Å². The van der Waals surface area contributed by atoms with Crippen molar-refractivity contribution in [3.63, 3.8) is 0 Å². The first-order valence-electron chi connectivity index (χ1n) is 10.7. The second-order valence-electron chi connectivity index (χ2n) is 7.95. The number of nitrogens with one attached hydrogen (secondary N) is 1. The number of hydrogen-bond acceptors (Lipinski definition) is 6. The minimum Gasteiger partial charge on any atom is -0.481 e. The van der Waals surface area contributed by atoms with Gasteiger partial charge in [0, 0.05) is 25.9 Å². The number of nitrogens with zero attached hydrogens (tertiary/aromatic N) is 3. The molecule has 2 N–H and O–H groups in total. The van der Waals surface area contributed by atoms with Crippen LogP contribution < -0.4 is 5.43 Å². The topological polar surface area (TPSA) is 86.5 Å². The number of carboxylic acids is 1. The van der Waals surface area contributed by atoms with E-state index in [1.54, 1.807) is 0 Å². The molecule has 2 aliphatic heterocycles. The van der Waals surface area contributed by atoms with Gasteiger partial charge in [-0.2, -0.15) is 5.10 Å². The van der Waals surface area contributed by atoms with Crippen LogP contribution >= 0.6 is 0 Å². The van der Waals surface area contributed by atoms with Gasteiger partial charge in [0.25, 0.3) is 0 Å². The van der Waals surface area contributed by atoms with E-state index < -0.39 is 5.97 Å². The first-order chi connectivity index (χ1) is 14.1. The average Bonchev–Trinajstić information content (AvgIpc) is 3.18. The maximum atomic E-state index is 10.9. The molecule has 1 saturated heterocycles. The van der Waals surface area contributed by atoms with Gasteiger partial charge in [0.2, 0.25) is 0 Å². The summed E-state index contributed by atoms with van der Waals surface area (Å²) in [7, 11) is 0. The van der Waals surface area contributed by atoms with Gasteiger partial charge in [0.15, 0.2) is 0 Å². The molecule has 0 aromatic heterocycles. The zero-order chi connectivity index (χ0) is 20.5. The zero-order valence-electron chi connectivity index (χ0n) is 17.2. The third kappa shape index (κ3) is 6.85. The van der Waals surface area contributed by atoms with E-state index in [0.717, 1.165) is 75.1 Å². The van der Waals surface area contributed by atoms with Crippen LogP contribution in [0.5, 0.6) is 0 Å². The molecule has 158 valence electrons. The molecule has 29 heavy (non-hydrogen) atoms. The van der Waals surface area contributed by atoms with Gasteiger partial charge in [-0.05, 0) is 49.4 Å². The number of rotatable bonds is 10. The van der Waals surface area contributed by atoms with Crippen LogP contribution in [0.4, 0.5) is 0 Å². The van der Waals surface area contributed by atoms with Crippen LogP contribution in [0.1, 0.15) is 56.6 Å². The van der Waals surface area contributed by atoms with Crippen molar-refractivity contribution in [1.82, 2.24) is 10.3 Å². The van der Waals surface area contributed by atoms with Crippen molar-refractivity contribution in [3.8, 4) is 0 Å². The maximum Gasteiger partial charge on any atom is 0.303 e. The molecule has 1 unspecified atom stereocenters. The Labute approximate surface area is 172 Å².